The van der Waals surface area contributed by atoms with Crippen LogP contribution in [0, 0.1) is 5.92 Å². The van der Waals surface area contributed by atoms with E-state index in [2.05, 4.69) is 39.9 Å². The summed E-state index contributed by atoms with van der Waals surface area (Å²) < 4.78 is 10.9. The van der Waals surface area contributed by atoms with E-state index in [1.54, 1.807) is 0 Å². The zero-order valence-corrected chi connectivity index (χ0v) is 11.6. The van der Waals surface area contributed by atoms with Crippen LogP contribution in [0.4, 0.5) is 0 Å². The molecule has 0 atom stereocenters. The molecule has 0 fully saturated rings. The second kappa shape index (κ2) is 8.97. The van der Waals surface area contributed by atoms with Gasteiger partial charge in [0.15, 0.2) is 0 Å². The van der Waals surface area contributed by atoms with Crippen LogP contribution in [0.15, 0.2) is 0 Å². The third kappa shape index (κ3) is 13.9. The van der Waals surface area contributed by atoms with Crippen molar-refractivity contribution in [1.82, 2.24) is 5.32 Å². The van der Waals surface area contributed by atoms with E-state index in [9.17, 15) is 0 Å². The molecule has 1 N–H and O–H groups in total. The quantitative estimate of drug-likeness (QED) is 0.618. The Labute approximate surface area is 101 Å². The predicted octanol–water partition coefficient (Wildman–Crippen LogP) is 2.45. The molecule has 0 aromatic rings. The van der Waals surface area contributed by atoms with Gasteiger partial charge in [0.25, 0.3) is 0 Å². The first-order valence-electron chi connectivity index (χ1n) is 6.32. The van der Waals surface area contributed by atoms with Crippen molar-refractivity contribution in [1.29, 1.82) is 0 Å². The van der Waals surface area contributed by atoms with Gasteiger partial charge in [-0.1, -0.05) is 13.8 Å². The van der Waals surface area contributed by atoms with E-state index in [4.69, 9.17) is 9.47 Å². The van der Waals surface area contributed by atoms with E-state index in [-0.39, 0.29) is 5.54 Å². The second-order valence-electron chi connectivity index (χ2n) is 5.58. The van der Waals surface area contributed by atoms with Gasteiger partial charge >= 0.3 is 0 Å². The molecule has 98 valence electrons. The van der Waals surface area contributed by atoms with Gasteiger partial charge in [-0.05, 0) is 33.1 Å². The van der Waals surface area contributed by atoms with Crippen LogP contribution in [0.3, 0.4) is 0 Å². The molecule has 0 radical (unpaired) electrons. The van der Waals surface area contributed by atoms with Crippen LogP contribution in [0.1, 0.15) is 41.0 Å². The minimum absolute atomic E-state index is 0.178. The lowest BCUT2D eigenvalue weighted by molar-refractivity contribution is 0.0438. The van der Waals surface area contributed by atoms with Gasteiger partial charge in [-0.3, -0.25) is 0 Å². The van der Waals surface area contributed by atoms with Crippen molar-refractivity contribution in [3.63, 3.8) is 0 Å². The first kappa shape index (κ1) is 15.9. The fourth-order valence-electron chi connectivity index (χ4n) is 1.14. The van der Waals surface area contributed by atoms with E-state index >= 15 is 0 Å². The third-order valence-corrected chi connectivity index (χ3v) is 2.11. The van der Waals surface area contributed by atoms with E-state index in [1.807, 2.05) is 0 Å². The van der Waals surface area contributed by atoms with Crippen LogP contribution < -0.4 is 5.32 Å². The molecular formula is C13H29NO2. The minimum Gasteiger partial charge on any atom is -0.379 e. The molecule has 0 unspecified atom stereocenters. The zero-order chi connectivity index (χ0) is 12.4. The standard InChI is InChI=1S/C13H29NO2/c1-12(2)6-8-15-10-11-16-9-7-14-13(3,4)5/h12,14H,6-11H2,1-5H3. The Morgan fingerprint density at radius 1 is 0.938 bits per heavy atom. The summed E-state index contributed by atoms with van der Waals surface area (Å²) in [4.78, 5) is 0. The smallest absolute Gasteiger partial charge is 0.0701 e. The normalized spacial score (nSPS) is 12.4. The molecule has 3 nitrogen and oxygen atoms in total. The topological polar surface area (TPSA) is 30.5 Å². The SMILES string of the molecule is CC(C)CCOCCOCCNC(C)(C)C. The van der Waals surface area contributed by atoms with Gasteiger partial charge in [-0.25, -0.2) is 0 Å². The highest BCUT2D eigenvalue weighted by Gasteiger charge is 2.06. The molecule has 0 heterocycles. The van der Waals surface area contributed by atoms with Crippen molar-refractivity contribution in [2.24, 2.45) is 5.92 Å². The highest BCUT2D eigenvalue weighted by Crippen LogP contribution is 1.98. The van der Waals surface area contributed by atoms with Crippen molar-refractivity contribution in [3.8, 4) is 0 Å². The van der Waals surface area contributed by atoms with Crippen molar-refractivity contribution in [2.45, 2.75) is 46.6 Å². The van der Waals surface area contributed by atoms with Gasteiger partial charge in [0.05, 0.1) is 19.8 Å². The molecule has 0 saturated heterocycles. The zero-order valence-electron chi connectivity index (χ0n) is 11.6. The summed E-state index contributed by atoms with van der Waals surface area (Å²) in [6, 6.07) is 0. The van der Waals surface area contributed by atoms with Gasteiger partial charge < -0.3 is 14.8 Å². The average Bonchev–Trinajstić information content (AvgIpc) is 2.13. The first-order valence-corrected chi connectivity index (χ1v) is 6.32. The summed E-state index contributed by atoms with van der Waals surface area (Å²) in [5, 5.41) is 3.37. The maximum Gasteiger partial charge on any atom is 0.0701 e. The third-order valence-electron chi connectivity index (χ3n) is 2.11. The van der Waals surface area contributed by atoms with Crippen molar-refractivity contribution in [2.75, 3.05) is 33.0 Å². The Morgan fingerprint density at radius 2 is 1.50 bits per heavy atom. The van der Waals surface area contributed by atoms with E-state index in [1.165, 1.54) is 0 Å². The molecule has 0 rings (SSSR count). The van der Waals surface area contributed by atoms with Crippen LogP contribution in [0.25, 0.3) is 0 Å². The summed E-state index contributed by atoms with van der Waals surface area (Å²) in [7, 11) is 0. The van der Waals surface area contributed by atoms with Crippen molar-refractivity contribution in [3.05, 3.63) is 0 Å². The predicted molar refractivity (Wildman–Crippen MR) is 68.8 cm³/mol. The number of rotatable bonds is 9. The van der Waals surface area contributed by atoms with Gasteiger partial charge in [0.1, 0.15) is 0 Å². The van der Waals surface area contributed by atoms with E-state index < -0.39 is 0 Å². The molecule has 16 heavy (non-hydrogen) atoms. The Balaban J connectivity index is 3.05. The van der Waals surface area contributed by atoms with Crippen LogP contribution in [-0.2, 0) is 9.47 Å². The summed E-state index contributed by atoms with van der Waals surface area (Å²) in [5.74, 6) is 0.719. The molecule has 0 saturated carbocycles. The second-order valence-corrected chi connectivity index (χ2v) is 5.58. The summed E-state index contributed by atoms with van der Waals surface area (Å²) >= 11 is 0. The maximum absolute atomic E-state index is 5.45. The van der Waals surface area contributed by atoms with Crippen LogP contribution in [0.5, 0.6) is 0 Å². The molecular weight excluding hydrogens is 202 g/mol. The molecule has 0 aliphatic rings. The highest BCUT2D eigenvalue weighted by atomic mass is 16.5. The van der Waals surface area contributed by atoms with E-state index in [0.29, 0.717) is 13.2 Å². The molecule has 0 aliphatic carbocycles. The van der Waals surface area contributed by atoms with Gasteiger partial charge in [0.2, 0.25) is 0 Å². The van der Waals surface area contributed by atoms with Gasteiger partial charge in [-0.2, -0.15) is 0 Å². The lowest BCUT2D eigenvalue weighted by Gasteiger charge is -2.20. The molecule has 3 heteroatoms. The number of nitrogens with one attached hydrogen (secondary N) is 1. The molecule has 0 amide bonds. The molecule has 0 bridgehead atoms. The maximum atomic E-state index is 5.45. The molecule has 0 spiro atoms. The first-order chi connectivity index (χ1) is 7.42. The summed E-state index contributed by atoms with van der Waals surface area (Å²) in [5.41, 5.74) is 0.178. The van der Waals surface area contributed by atoms with Crippen molar-refractivity contribution < 1.29 is 9.47 Å². The number of ether oxygens (including phenoxy) is 2. The summed E-state index contributed by atoms with van der Waals surface area (Å²) in [6.07, 6.45) is 1.13. The van der Waals surface area contributed by atoms with E-state index in [0.717, 1.165) is 32.1 Å². The Kier molecular flexibility index (Phi) is 8.90. The lowest BCUT2D eigenvalue weighted by Crippen LogP contribution is -2.38. The molecule has 0 aliphatic heterocycles. The lowest BCUT2D eigenvalue weighted by atomic mass is 10.1. The van der Waals surface area contributed by atoms with Crippen LogP contribution in [-0.4, -0.2) is 38.5 Å². The minimum atomic E-state index is 0.178. The fraction of sp³-hybridized carbons (Fsp3) is 1.00. The van der Waals surface area contributed by atoms with Gasteiger partial charge in [0, 0.05) is 18.7 Å². The summed E-state index contributed by atoms with van der Waals surface area (Å²) in [6.45, 7) is 14.8. The average molecular weight is 231 g/mol. The van der Waals surface area contributed by atoms with Crippen LogP contribution in [0.2, 0.25) is 0 Å². The molecule has 0 aromatic carbocycles. The van der Waals surface area contributed by atoms with Crippen LogP contribution >= 0.6 is 0 Å². The molecule has 0 aromatic heterocycles. The number of hydrogen-bond acceptors (Lipinski definition) is 3. The highest BCUT2D eigenvalue weighted by molar-refractivity contribution is 4.69. The monoisotopic (exact) mass is 231 g/mol. The Hall–Kier alpha value is -0.120. The number of hydrogen-bond donors (Lipinski definition) is 1. The largest absolute Gasteiger partial charge is 0.379 e. The Bertz CT molecular complexity index is 153. The Morgan fingerprint density at radius 3 is 2.00 bits per heavy atom. The fourth-order valence-corrected chi connectivity index (χ4v) is 1.14. The van der Waals surface area contributed by atoms with Crippen molar-refractivity contribution >= 4 is 0 Å². The van der Waals surface area contributed by atoms with Gasteiger partial charge in [-0.15, -0.1) is 0 Å².